The van der Waals surface area contributed by atoms with Crippen LogP contribution in [0.4, 0.5) is 0 Å². The zero-order valence-electron chi connectivity index (χ0n) is 10.0. The van der Waals surface area contributed by atoms with Gasteiger partial charge in [0, 0.05) is 7.11 Å². The minimum atomic E-state index is -0.403. The number of ether oxygens (including phenoxy) is 2. The van der Waals surface area contributed by atoms with Crippen LogP contribution in [0.5, 0.6) is 0 Å². The molecule has 0 amide bonds. The van der Waals surface area contributed by atoms with Crippen LogP contribution >= 0.6 is 0 Å². The summed E-state index contributed by atoms with van der Waals surface area (Å²) in [6.45, 7) is 11.1. The van der Waals surface area contributed by atoms with Crippen LogP contribution < -0.4 is 0 Å². The van der Waals surface area contributed by atoms with E-state index in [1.165, 1.54) is 0 Å². The molecule has 3 nitrogen and oxygen atoms in total. The number of aliphatic imine (C=N–C) groups is 1. The highest BCUT2D eigenvalue weighted by Crippen LogP contribution is 2.28. The summed E-state index contributed by atoms with van der Waals surface area (Å²) in [5, 5.41) is 0. The van der Waals surface area contributed by atoms with Gasteiger partial charge in [-0.1, -0.05) is 20.8 Å². The molecule has 1 heterocycles. The molecule has 0 bridgehead atoms. The third-order valence-corrected chi connectivity index (χ3v) is 2.68. The first-order valence-corrected chi connectivity index (χ1v) is 5.03. The van der Waals surface area contributed by atoms with Crippen LogP contribution in [-0.4, -0.2) is 31.3 Å². The molecule has 1 aliphatic rings. The Kier molecular flexibility index (Phi) is 2.91. The molecule has 0 unspecified atom stereocenters. The largest absolute Gasteiger partial charge is 0.477 e. The Hall–Kier alpha value is -0.570. The number of rotatable bonds is 2. The van der Waals surface area contributed by atoms with E-state index in [1.807, 2.05) is 13.8 Å². The van der Waals surface area contributed by atoms with Gasteiger partial charge in [-0.25, -0.2) is 4.99 Å². The Morgan fingerprint density at radius 2 is 1.86 bits per heavy atom. The summed E-state index contributed by atoms with van der Waals surface area (Å²) in [6.07, 6.45) is 0. The van der Waals surface area contributed by atoms with Gasteiger partial charge in [-0.15, -0.1) is 0 Å². The van der Waals surface area contributed by atoms with E-state index in [2.05, 4.69) is 25.8 Å². The van der Waals surface area contributed by atoms with Crippen LogP contribution in [0.15, 0.2) is 4.99 Å². The average Bonchev–Trinajstić information content (AvgIpc) is 2.51. The van der Waals surface area contributed by atoms with E-state index in [4.69, 9.17) is 9.47 Å². The normalized spacial score (nSPS) is 23.3. The summed E-state index contributed by atoms with van der Waals surface area (Å²) in [7, 11) is 1.68. The highest BCUT2D eigenvalue weighted by molar-refractivity contribution is 5.85. The number of nitrogens with zero attached hydrogens (tertiary/aromatic N) is 1. The molecule has 0 aromatic rings. The highest BCUT2D eigenvalue weighted by atomic mass is 16.5. The second-order valence-corrected chi connectivity index (χ2v) is 5.34. The van der Waals surface area contributed by atoms with Crippen LogP contribution in [-0.2, 0) is 9.47 Å². The molecule has 0 saturated carbocycles. The molecule has 0 N–H and O–H groups in total. The lowest BCUT2D eigenvalue weighted by molar-refractivity contribution is 0.0611. The summed E-state index contributed by atoms with van der Waals surface area (Å²) in [5.41, 5.74) is -0.244. The first-order valence-electron chi connectivity index (χ1n) is 5.03. The quantitative estimate of drug-likeness (QED) is 0.683. The Morgan fingerprint density at radius 3 is 2.21 bits per heavy atom. The highest BCUT2D eigenvalue weighted by Gasteiger charge is 2.36. The molecule has 1 aliphatic heterocycles. The van der Waals surface area contributed by atoms with Crippen molar-refractivity contribution in [2.24, 2.45) is 10.4 Å². The van der Waals surface area contributed by atoms with Crippen molar-refractivity contribution in [3.63, 3.8) is 0 Å². The molecule has 82 valence electrons. The summed E-state index contributed by atoms with van der Waals surface area (Å²) in [6, 6.07) is 0.243. The minimum Gasteiger partial charge on any atom is -0.477 e. The van der Waals surface area contributed by atoms with Crippen molar-refractivity contribution in [3.8, 4) is 0 Å². The van der Waals surface area contributed by atoms with Gasteiger partial charge in [0.1, 0.15) is 12.2 Å². The second-order valence-electron chi connectivity index (χ2n) is 5.34. The van der Waals surface area contributed by atoms with Crippen molar-refractivity contribution in [2.45, 2.75) is 46.3 Å². The van der Waals surface area contributed by atoms with Gasteiger partial charge in [0.2, 0.25) is 5.90 Å². The Morgan fingerprint density at radius 1 is 1.29 bits per heavy atom. The molecule has 0 radical (unpaired) electrons. The summed E-state index contributed by atoms with van der Waals surface area (Å²) < 4.78 is 10.9. The molecule has 0 fully saturated rings. The van der Waals surface area contributed by atoms with E-state index >= 15 is 0 Å². The van der Waals surface area contributed by atoms with E-state index in [0.717, 1.165) is 5.90 Å². The third kappa shape index (κ3) is 2.27. The number of hydrogen-bond donors (Lipinski definition) is 0. The second kappa shape index (κ2) is 3.54. The van der Waals surface area contributed by atoms with Crippen molar-refractivity contribution in [1.29, 1.82) is 0 Å². The monoisotopic (exact) mass is 199 g/mol. The molecular weight excluding hydrogens is 178 g/mol. The predicted molar refractivity (Wildman–Crippen MR) is 57.7 cm³/mol. The van der Waals surface area contributed by atoms with Crippen LogP contribution in [0.3, 0.4) is 0 Å². The number of methoxy groups -OCH3 is 1. The predicted octanol–water partition coefficient (Wildman–Crippen LogP) is 2.25. The Balaban J connectivity index is 2.78. The van der Waals surface area contributed by atoms with Gasteiger partial charge < -0.3 is 9.47 Å². The van der Waals surface area contributed by atoms with Gasteiger partial charge >= 0.3 is 0 Å². The van der Waals surface area contributed by atoms with E-state index < -0.39 is 5.60 Å². The lowest BCUT2D eigenvalue weighted by atomic mass is 9.88. The van der Waals surface area contributed by atoms with Gasteiger partial charge in [0.25, 0.3) is 0 Å². The molecule has 0 aromatic carbocycles. The van der Waals surface area contributed by atoms with E-state index in [9.17, 15) is 0 Å². The van der Waals surface area contributed by atoms with Crippen molar-refractivity contribution >= 4 is 5.90 Å². The van der Waals surface area contributed by atoms with E-state index in [1.54, 1.807) is 7.11 Å². The first-order chi connectivity index (χ1) is 6.27. The Bertz CT molecular complexity index is 238. The van der Waals surface area contributed by atoms with Crippen LogP contribution in [0, 0.1) is 5.41 Å². The molecule has 3 heteroatoms. The van der Waals surface area contributed by atoms with Crippen LogP contribution in [0.2, 0.25) is 0 Å². The molecule has 14 heavy (non-hydrogen) atoms. The molecule has 0 saturated heterocycles. The van der Waals surface area contributed by atoms with Gasteiger partial charge in [0.05, 0.1) is 6.04 Å². The first kappa shape index (κ1) is 11.5. The average molecular weight is 199 g/mol. The maximum atomic E-state index is 5.57. The van der Waals surface area contributed by atoms with Gasteiger partial charge in [-0.05, 0) is 19.3 Å². The van der Waals surface area contributed by atoms with Crippen LogP contribution in [0.25, 0.3) is 0 Å². The lowest BCUT2D eigenvalue weighted by Crippen LogP contribution is -2.33. The molecule has 1 rings (SSSR count). The summed E-state index contributed by atoms with van der Waals surface area (Å²) >= 11 is 0. The van der Waals surface area contributed by atoms with Crippen molar-refractivity contribution in [2.75, 3.05) is 13.7 Å². The molecule has 0 aromatic heterocycles. The fraction of sp³-hybridized carbons (Fsp3) is 0.909. The Labute approximate surface area is 86.5 Å². The van der Waals surface area contributed by atoms with Crippen molar-refractivity contribution < 1.29 is 9.47 Å². The topological polar surface area (TPSA) is 30.8 Å². The third-order valence-electron chi connectivity index (χ3n) is 2.68. The van der Waals surface area contributed by atoms with Crippen LogP contribution in [0.1, 0.15) is 34.6 Å². The van der Waals surface area contributed by atoms with Gasteiger partial charge in [0.15, 0.2) is 0 Å². The van der Waals surface area contributed by atoms with E-state index in [0.29, 0.717) is 6.61 Å². The SMILES string of the molecule is COC(C)(C)C1=N[C@@H](C(C)(C)C)CO1. The smallest absolute Gasteiger partial charge is 0.216 e. The van der Waals surface area contributed by atoms with Gasteiger partial charge in [-0.3, -0.25) is 0 Å². The molecule has 0 aliphatic carbocycles. The lowest BCUT2D eigenvalue weighted by Gasteiger charge is -2.22. The standard InChI is InChI=1S/C11H21NO2/c1-10(2,3)8-7-14-9(12-8)11(4,5)13-6/h8H,7H2,1-6H3/t8-/m1/s1. The fourth-order valence-electron chi connectivity index (χ4n) is 1.23. The van der Waals surface area contributed by atoms with Crippen molar-refractivity contribution in [3.05, 3.63) is 0 Å². The molecule has 1 atom stereocenters. The zero-order valence-corrected chi connectivity index (χ0v) is 10.0. The summed E-state index contributed by atoms with van der Waals surface area (Å²) in [5.74, 6) is 0.722. The maximum Gasteiger partial charge on any atom is 0.216 e. The zero-order chi connectivity index (χ0) is 11.0. The maximum absolute atomic E-state index is 5.57. The minimum absolute atomic E-state index is 0.158. The molecular formula is C11H21NO2. The fourth-order valence-corrected chi connectivity index (χ4v) is 1.23. The van der Waals surface area contributed by atoms with Gasteiger partial charge in [-0.2, -0.15) is 0 Å². The number of hydrogen-bond acceptors (Lipinski definition) is 3. The van der Waals surface area contributed by atoms with E-state index in [-0.39, 0.29) is 11.5 Å². The van der Waals surface area contributed by atoms with Crippen molar-refractivity contribution in [1.82, 2.24) is 0 Å². The molecule has 0 spiro atoms. The summed E-state index contributed by atoms with van der Waals surface area (Å²) in [4.78, 5) is 4.57.